The summed E-state index contributed by atoms with van der Waals surface area (Å²) in [6.07, 6.45) is 4.42. The number of carbonyl (C=O) groups is 1. The number of carboxylic acid groups (broad SMARTS) is 1. The lowest BCUT2D eigenvalue weighted by Gasteiger charge is -2.36. The Bertz CT molecular complexity index is 799. The maximum absolute atomic E-state index is 11.0. The second-order valence-corrected chi connectivity index (χ2v) is 7.44. The highest BCUT2D eigenvalue weighted by molar-refractivity contribution is 8.14. The van der Waals surface area contributed by atoms with Gasteiger partial charge in [-0.3, -0.25) is 10.3 Å². The summed E-state index contributed by atoms with van der Waals surface area (Å²) in [4.78, 5) is 23.3. The van der Waals surface area contributed by atoms with E-state index >= 15 is 0 Å². The lowest BCUT2D eigenvalue weighted by atomic mass is 9.91. The number of hydrogen-bond donors (Lipinski definition) is 3. The minimum absolute atomic E-state index is 0.132. The second-order valence-electron chi connectivity index (χ2n) is 5.95. The average Bonchev–Trinajstić information content (AvgIpc) is 2.61. The first kappa shape index (κ1) is 17.4. The van der Waals surface area contributed by atoms with Crippen LogP contribution in [0.3, 0.4) is 0 Å². The molecule has 25 heavy (non-hydrogen) atoms. The van der Waals surface area contributed by atoms with Gasteiger partial charge in [-0.2, -0.15) is 0 Å². The van der Waals surface area contributed by atoms with Gasteiger partial charge in [-0.05, 0) is 30.5 Å². The summed E-state index contributed by atoms with van der Waals surface area (Å²) in [7, 11) is 0. The van der Waals surface area contributed by atoms with Crippen LogP contribution in [0.25, 0.3) is 11.1 Å². The highest BCUT2D eigenvalue weighted by Crippen LogP contribution is 2.44. The molecule has 0 saturated heterocycles. The van der Waals surface area contributed by atoms with E-state index < -0.39 is 10.8 Å². The first-order chi connectivity index (χ1) is 12.0. The molecule has 0 saturated carbocycles. The maximum Gasteiger partial charge on any atom is 0.410 e. The Balaban J connectivity index is 1.94. The van der Waals surface area contributed by atoms with E-state index in [-0.39, 0.29) is 12.6 Å². The van der Waals surface area contributed by atoms with Crippen molar-refractivity contribution in [2.75, 3.05) is 6.61 Å². The van der Waals surface area contributed by atoms with Gasteiger partial charge in [0.05, 0.1) is 12.6 Å². The van der Waals surface area contributed by atoms with Crippen LogP contribution in [0.1, 0.15) is 18.9 Å². The van der Waals surface area contributed by atoms with Crippen molar-refractivity contribution in [3.8, 4) is 11.1 Å². The third-order valence-corrected chi connectivity index (χ3v) is 5.29. The SMILES string of the molecule is C[C@@]1(c2cccc(-c3cncnc3)c2)C[C@@H](CO)N=C(NC(=O)O)S1. The lowest BCUT2D eigenvalue weighted by Crippen LogP contribution is -2.38. The summed E-state index contributed by atoms with van der Waals surface area (Å²) < 4.78 is -0.418. The first-order valence-corrected chi connectivity index (χ1v) is 8.55. The van der Waals surface area contributed by atoms with Crippen LogP contribution in [0.4, 0.5) is 4.79 Å². The fourth-order valence-corrected chi connectivity index (χ4v) is 4.14. The molecule has 2 heterocycles. The zero-order valence-electron chi connectivity index (χ0n) is 13.6. The minimum atomic E-state index is -1.16. The number of nitrogens with one attached hydrogen (secondary N) is 1. The van der Waals surface area contributed by atoms with Gasteiger partial charge >= 0.3 is 6.09 Å². The Morgan fingerprint density at radius 1 is 1.36 bits per heavy atom. The number of aromatic nitrogens is 2. The topological polar surface area (TPSA) is 108 Å². The Morgan fingerprint density at radius 2 is 2.12 bits per heavy atom. The molecule has 7 nitrogen and oxygen atoms in total. The van der Waals surface area contributed by atoms with Crippen LogP contribution in [0.5, 0.6) is 0 Å². The van der Waals surface area contributed by atoms with E-state index in [2.05, 4.69) is 20.3 Å². The quantitative estimate of drug-likeness (QED) is 0.778. The highest BCUT2D eigenvalue weighted by atomic mass is 32.2. The number of aliphatic imine (C=N–C) groups is 1. The van der Waals surface area contributed by atoms with E-state index in [0.717, 1.165) is 16.7 Å². The lowest BCUT2D eigenvalue weighted by molar-refractivity contribution is 0.200. The molecule has 0 aliphatic carbocycles. The van der Waals surface area contributed by atoms with Gasteiger partial charge in [-0.15, -0.1) is 0 Å². The predicted molar refractivity (Wildman–Crippen MR) is 96.5 cm³/mol. The molecule has 3 N–H and O–H groups in total. The van der Waals surface area contributed by atoms with Gasteiger partial charge in [0.2, 0.25) is 0 Å². The van der Waals surface area contributed by atoms with E-state index in [1.165, 1.54) is 18.1 Å². The molecular weight excluding hydrogens is 340 g/mol. The largest absolute Gasteiger partial charge is 0.465 e. The summed E-state index contributed by atoms with van der Waals surface area (Å²) in [5.41, 5.74) is 2.91. The molecule has 1 aromatic heterocycles. The smallest absolute Gasteiger partial charge is 0.410 e. The number of benzene rings is 1. The molecule has 0 spiro atoms. The number of rotatable bonds is 3. The van der Waals surface area contributed by atoms with Crippen LogP contribution in [0.15, 0.2) is 48.0 Å². The van der Waals surface area contributed by atoms with Crippen LogP contribution < -0.4 is 5.32 Å². The molecule has 3 rings (SSSR count). The Hall–Kier alpha value is -2.45. The number of aliphatic hydroxyl groups is 1. The van der Waals surface area contributed by atoms with Crippen molar-refractivity contribution in [3.63, 3.8) is 0 Å². The fraction of sp³-hybridized carbons (Fsp3) is 0.294. The number of hydrogen-bond acceptors (Lipinski definition) is 6. The Morgan fingerprint density at radius 3 is 2.80 bits per heavy atom. The molecule has 130 valence electrons. The number of thioether (sulfide) groups is 1. The van der Waals surface area contributed by atoms with Crippen LogP contribution in [-0.2, 0) is 4.75 Å². The van der Waals surface area contributed by atoms with E-state index in [4.69, 9.17) is 5.11 Å². The van der Waals surface area contributed by atoms with E-state index in [1.54, 1.807) is 12.4 Å². The molecule has 1 amide bonds. The summed E-state index contributed by atoms with van der Waals surface area (Å²) >= 11 is 1.35. The zero-order valence-corrected chi connectivity index (χ0v) is 14.4. The predicted octanol–water partition coefficient (Wildman–Crippen LogP) is 2.48. The van der Waals surface area contributed by atoms with Crippen molar-refractivity contribution in [2.45, 2.75) is 24.1 Å². The molecule has 1 aliphatic rings. The van der Waals surface area contributed by atoms with Gasteiger partial charge in [0.1, 0.15) is 6.33 Å². The van der Waals surface area contributed by atoms with Crippen molar-refractivity contribution in [1.29, 1.82) is 0 Å². The molecule has 0 radical (unpaired) electrons. The van der Waals surface area contributed by atoms with Crippen molar-refractivity contribution in [3.05, 3.63) is 48.5 Å². The Labute approximate surface area is 149 Å². The summed E-state index contributed by atoms with van der Waals surface area (Å²) in [6.45, 7) is 1.90. The van der Waals surface area contributed by atoms with Gasteiger partial charge < -0.3 is 10.2 Å². The second kappa shape index (κ2) is 7.20. The van der Waals surface area contributed by atoms with Crippen LogP contribution in [0, 0.1) is 0 Å². The standard InChI is InChI=1S/C17H18N4O3S/c1-17(6-14(9-22)20-15(25-17)21-16(23)24)13-4-2-3-11(5-13)12-7-18-10-19-8-12/h2-5,7-8,10,14,22H,6,9H2,1H3,(H,20,21)(H,23,24)/t14-,17-/m0/s1. The normalized spacial score (nSPS) is 23.0. The van der Waals surface area contributed by atoms with Crippen LogP contribution in [-0.4, -0.2) is 44.1 Å². The molecule has 1 aromatic carbocycles. The van der Waals surface area contributed by atoms with Crippen LogP contribution in [0.2, 0.25) is 0 Å². The molecule has 0 bridgehead atoms. The van der Waals surface area contributed by atoms with E-state index in [0.29, 0.717) is 11.6 Å². The molecule has 2 atom stereocenters. The number of nitrogens with zero attached hydrogens (tertiary/aromatic N) is 3. The molecule has 0 fully saturated rings. The third-order valence-electron chi connectivity index (χ3n) is 4.04. The first-order valence-electron chi connectivity index (χ1n) is 7.74. The molecular formula is C17H18N4O3S. The number of aliphatic hydroxyl groups excluding tert-OH is 1. The summed E-state index contributed by atoms with van der Waals surface area (Å²) in [6, 6.07) is 7.62. The van der Waals surface area contributed by atoms with Crippen molar-refractivity contribution >= 4 is 23.0 Å². The monoisotopic (exact) mass is 358 g/mol. The van der Waals surface area contributed by atoms with Gasteiger partial charge in [0.15, 0.2) is 5.17 Å². The van der Waals surface area contributed by atoms with Gasteiger partial charge in [0.25, 0.3) is 0 Å². The molecule has 8 heteroatoms. The number of amidine groups is 1. The minimum Gasteiger partial charge on any atom is -0.465 e. The third kappa shape index (κ3) is 3.97. The average molecular weight is 358 g/mol. The van der Waals surface area contributed by atoms with Crippen molar-refractivity contribution < 1.29 is 15.0 Å². The van der Waals surface area contributed by atoms with Gasteiger partial charge in [-0.25, -0.2) is 14.8 Å². The highest BCUT2D eigenvalue weighted by Gasteiger charge is 2.37. The van der Waals surface area contributed by atoms with E-state index in [9.17, 15) is 9.90 Å². The molecule has 1 aliphatic heterocycles. The van der Waals surface area contributed by atoms with Crippen molar-refractivity contribution in [2.24, 2.45) is 4.99 Å². The van der Waals surface area contributed by atoms with Gasteiger partial charge in [0, 0.05) is 22.7 Å². The van der Waals surface area contributed by atoms with E-state index in [1.807, 2.05) is 31.2 Å². The maximum atomic E-state index is 11.0. The molecule has 2 aromatic rings. The Kier molecular flexibility index (Phi) is 5.00. The number of amides is 1. The van der Waals surface area contributed by atoms with Crippen LogP contribution >= 0.6 is 11.8 Å². The molecule has 0 unspecified atom stereocenters. The van der Waals surface area contributed by atoms with Gasteiger partial charge in [-0.1, -0.05) is 30.0 Å². The zero-order chi connectivity index (χ0) is 17.9. The summed E-state index contributed by atoms with van der Waals surface area (Å²) in [5, 5.41) is 21.1. The van der Waals surface area contributed by atoms with Crippen molar-refractivity contribution in [1.82, 2.24) is 15.3 Å². The fourth-order valence-electron chi connectivity index (χ4n) is 2.85. The summed E-state index contributed by atoms with van der Waals surface area (Å²) in [5.74, 6) is 0.